The zero-order valence-corrected chi connectivity index (χ0v) is 18.2. The van der Waals surface area contributed by atoms with Crippen LogP contribution >= 0.6 is 0 Å². The number of fused-ring (bicyclic) bond motifs is 1. The normalized spacial score (nSPS) is 15.5. The van der Waals surface area contributed by atoms with E-state index in [0.29, 0.717) is 6.42 Å². The second kappa shape index (κ2) is 9.02. The third kappa shape index (κ3) is 4.72. The van der Waals surface area contributed by atoms with Crippen LogP contribution in [-0.2, 0) is 10.9 Å². The van der Waals surface area contributed by atoms with E-state index in [0.717, 1.165) is 16.7 Å². The van der Waals surface area contributed by atoms with E-state index in [4.69, 9.17) is 4.74 Å². The molecule has 0 spiro atoms. The van der Waals surface area contributed by atoms with Gasteiger partial charge in [0, 0.05) is 11.4 Å². The molecule has 0 aliphatic heterocycles. The molecule has 1 atom stereocenters. The largest absolute Gasteiger partial charge is 0.450 e. The minimum atomic E-state index is -4.71. The molecule has 1 aromatic heterocycles. The van der Waals surface area contributed by atoms with E-state index in [1.165, 1.54) is 30.3 Å². The lowest BCUT2D eigenvalue weighted by Crippen LogP contribution is -2.35. The van der Waals surface area contributed by atoms with Crippen molar-refractivity contribution in [1.82, 2.24) is 9.55 Å². The Morgan fingerprint density at radius 1 is 1.15 bits per heavy atom. The first-order chi connectivity index (χ1) is 16.0. The van der Waals surface area contributed by atoms with Gasteiger partial charge in [-0.2, -0.15) is 13.2 Å². The highest BCUT2D eigenvalue weighted by molar-refractivity contribution is 6.04. The number of benzene rings is 2. The summed E-state index contributed by atoms with van der Waals surface area (Å²) in [5.74, 6) is -4.43. The third-order valence-electron chi connectivity index (χ3n) is 5.11. The quantitative estimate of drug-likeness (QED) is 0.561. The van der Waals surface area contributed by atoms with Gasteiger partial charge in [-0.25, -0.2) is 13.8 Å². The van der Waals surface area contributed by atoms with Crippen LogP contribution in [0.3, 0.4) is 0 Å². The number of nitrogens with one attached hydrogen (secondary N) is 1. The van der Waals surface area contributed by atoms with E-state index in [2.05, 4.69) is 10.3 Å². The molecule has 1 aliphatic rings. The smallest absolute Gasteiger partial charge is 0.371 e. The van der Waals surface area contributed by atoms with E-state index in [9.17, 15) is 26.7 Å². The van der Waals surface area contributed by atoms with E-state index < -0.39 is 35.1 Å². The maximum Gasteiger partial charge on any atom is 0.450 e. The standard InChI is InChI=1S/C24H20F5N3O2/c1-13(2)34-16-10-11-20-19(12-16)31-23(24(27,28)29)32(20)15-8-6-14(7-9-15)30-22(33)17-4-3-5-18(25)21(17)26/h3-9,11-13,16H,10H2,1-2H3,(H,30,33). The number of halogens is 5. The molecule has 10 heteroatoms. The van der Waals surface area contributed by atoms with Crippen molar-refractivity contribution in [2.45, 2.75) is 38.7 Å². The van der Waals surface area contributed by atoms with Crippen LogP contribution in [0.25, 0.3) is 17.8 Å². The van der Waals surface area contributed by atoms with Crippen LogP contribution in [0.4, 0.5) is 27.6 Å². The Hall–Kier alpha value is -3.53. The number of hydrogen-bond donors (Lipinski definition) is 1. The molecular weight excluding hydrogens is 457 g/mol. The van der Waals surface area contributed by atoms with E-state index in [1.807, 2.05) is 13.8 Å². The van der Waals surface area contributed by atoms with Gasteiger partial charge in [-0.05, 0) is 62.7 Å². The zero-order chi connectivity index (χ0) is 24.6. The summed E-state index contributed by atoms with van der Waals surface area (Å²) in [4.78, 5) is 16.1. The molecule has 0 saturated carbocycles. The number of imidazole rings is 1. The highest BCUT2D eigenvalue weighted by atomic mass is 19.4. The number of nitrogens with zero attached hydrogens (tertiary/aromatic N) is 2. The van der Waals surface area contributed by atoms with E-state index >= 15 is 0 Å². The van der Waals surface area contributed by atoms with Crippen LogP contribution in [0.1, 0.15) is 36.5 Å². The molecule has 34 heavy (non-hydrogen) atoms. The molecule has 0 fully saturated rings. The fraction of sp³-hybridized carbons (Fsp3) is 0.250. The number of ether oxygens (including phenoxy) is 1. The van der Waals surface area contributed by atoms with Crippen molar-refractivity contribution in [2.24, 2.45) is 0 Å². The number of carbonyl (C=O) groups excluding carboxylic acids is 1. The topological polar surface area (TPSA) is 56.1 Å². The van der Waals surface area contributed by atoms with Crippen molar-refractivity contribution in [3.63, 3.8) is 0 Å². The Morgan fingerprint density at radius 3 is 2.50 bits per heavy atom. The maximum atomic E-state index is 13.9. The van der Waals surface area contributed by atoms with Crippen molar-refractivity contribution in [3.8, 4) is 5.69 Å². The minimum absolute atomic E-state index is 0.0935. The van der Waals surface area contributed by atoms with E-state index in [-0.39, 0.29) is 34.3 Å². The summed E-state index contributed by atoms with van der Waals surface area (Å²) >= 11 is 0. The van der Waals surface area contributed by atoms with Gasteiger partial charge in [-0.3, -0.25) is 9.36 Å². The number of alkyl halides is 3. The van der Waals surface area contributed by atoms with Crippen LogP contribution in [0.15, 0.2) is 42.5 Å². The number of hydrogen-bond acceptors (Lipinski definition) is 3. The predicted octanol–water partition coefficient (Wildman–Crippen LogP) is 4.18. The molecule has 1 amide bonds. The molecule has 0 radical (unpaired) electrons. The van der Waals surface area contributed by atoms with Gasteiger partial charge in [0.1, 0.15) is 0 Å². The van der Waals surface area contributed by atoms with Crippen LogP contribution < -0.4 is 16.0 Å². The molecule has 2 aromatic carbocycles. The first kappa shape index (κ1) is 23.6. The van der Waals surface area contributed by atoms with Crippen LogP contribution in [0, 0.1) is 11.6 Å². The van der Waals surface area contributed by atoms with E-state index in [1.54, 1.807) is 12.2 Å². The second-order valence-electron chi connectivity index (χ2n) is 7.97. The Kier molecular flexibility index (Phi) is 6.26. The summed E-state index contributed by atoms with van der Waals surface area (Å²) in [5, 5.41) is 2.86. The Labute approximate surface area is 191 Å². The van der Waals surface area contributed by atoms with Gasteiger partial charge >= 0.3 is 6.18 Å². The highest BCUT2D eigenvalue weighted by Gasteiger charge is 2.38. The molecule has 4 rings (SSSR count). The average Bonchev–Trinajstić information content (AvgIpc) is 3.15. The molecule has 5 nitrogen and oxygen atoms in total. The summed E-state index contributed by atoms with van der Waals surface area (Å²) < 4.78 is 75.2. The lowest BCUT2D eigenvalue weighted by Gasteiger charge is -2.17. The van der Waals surface area contributed by atoms with Gasteiger partial charge in [-0.1, -0.05) is 12.1 Å². The number of amides is 1. The number of aromatic nitrogens is 2. The molecule has 178 valence electrons. The van der Waals surface area contributed by atoms with Gasteiger partial charge in [0.25, 0.3) is 5.91 Å². The van der Waals surface area contributed by atoms with Crippen molar-refractivity contribution in [2.75, 3.05) is 5.32 Å². The molecule has 0 saturated heterocycles. The van der Waals surface area contributed by atoms with Crippen molar-refractivity contribution in [1.29, 1.82) is 0 Å². The second-order valence-corrected chi connectivity index (χ2v) is 7.97. The van der Waals surface area contributed by atoms with Crippen molar-refractivity contribution in [3.05, 3.63) is 76.2 Å². The van der Waals surface area contributed by atoms with Gasteiger partial charge in [-0.15, -0.1) is 0 Å². The number of carbonyl (C=O) groups is 1. The predicted molar refractivity (Wildman–Crippen MR) is 116 cm³/mol. The van der Waals surface area contributed by atoms with Gasteiger partial charge < -0.3 is 10.1 Å². The summed E-state index contributed by atoms with van der Waals surface area (Å²) in [6.07, 6.45) is -1.57. The number of anilines is 1. The lowest BCUT2D eigenvalue weighted by molar-refractivity contribution is -0.146. The molecule has 1 aliphatic carbocycles. The fourth-order valence-electron chi connectivity index (χ4n) is 3.71. The van der Waals surface area contributed by atoms with Crippen LogP contribution in [0.5, 0.6) is 0 Å². The molecule has 1 N–H and O–H groups in total. The third-order valence-corrected chi connectivity index (χ3v) is 5.11. The van der Waals surface area contributed by atoms with Gasteiger partial charge in [0.05, 0.1) is 28.5 Å². The molecular formula is C24H20F5N3O2. The molecule has 1 heterocycles. The summed E-state index contributed by atoms with van der Waals surface area (Å²) in [5.41, 5.74) is -0.125. The first-order valence-corrected chi connectivity index (χ1v) is 10.4. The lowest BCUT2D eigenvalue weighted by atomic mass is 10.1. The zero-order valence-electron chi connectivity index (χ0n) is 18.2. The molecule has 1 unspecified atom stereocenters. The number of rotatable bonds is 5. The Bertz CT molecular complexity index is 1340. The summed E-state index contributed by atoms with van der Waals surface area (Å²) in [6.45, 7) is 3.68. The Balaban J connectivity index is 1.67. The first-order valence-electron chi connectivity index (χ1n) is 10.4. The summed E-state index contributed by atoms with van der Waals surface area (Å²) in [7, 11) is 0. The molecule has 0 bridgehead atoms. The van der Waals surface area contributed by atoms with Crippen LogP contribution in [0.2, 0.25) is 0 Å². The maximum absolute atomic E-state index is 13.9. The monoisotopic (exact) mass is 477 g/mol. The van der Waals surface area contributed by atoms with Gasteiger partial charge in [0.2, 0.25) is 5.82 Å². The fourth-order valence-corrected chi connectivity index (χ4v) is 3.71. The molecule has 3 aromatic rings. The SMILES string of the molecule is CC(C)OC1C=c2nc(C(F)(F)F)n(-c3ccc(NC(=O)c4cccc(F)c4F)cc3)c2=CC1. The minimum Gasteiger partial charge on any atom is -0.371 e. The van der Waals surface area contributed by atoms with Crippen LogP contribution in [-0.4, -0.2) is 27.7 Å². The van der Waals surface area contributed by atoms with Crippen molar-refractivity contribution >= 4 is 23.7 Å². The summed E-state index contributed by atoms with van der Waals surface area (Å²) in [6, 6.07) is 8.69. The highest BCUT2D eigenvalue weighted by Crippen LogP contribution is 2.28. The van der Waals surface area contributed by atoms with Gasteiger partial charge in [0.15, 0.2) is 11.6 Å². The Morgan fingerprint density at radius 2 is 1.85 bits per heavy atom. The van der Waals surface area contributed by atoms with Crippen molar-refractivity contribution < 1.29 is 31.5 Å². The average molecular weight is 477 g/mol.